The molecule has 1 aromatic rings. The summed E-state index contributed by atoms with van der Waals surface area (Å²) in [7, 11) is 0. The lowest BCUT2D eigenvalue weighted by Gasteiger charge is -2.12. The van der Waals surface area contributed by atoms with E-state index in [0.717, 1.165) is 31.4 Å². The van der Waals surface area contributed by atoms with E-state index < -0.39 is 0 Å². The molecule has 0 bridgehead atoms. The number of rotatable bonds is 5. The van der Waals surface area contributed by atoms with Gasteiger partial charge in [0.2, 0.25) is 0 Å². The van der Waals surface area contributed by atoms with Crippen molar-refractivity contribution in [3.05, 3.63) is 23.5 Å². The van der Waals surface area contributed by atoms with Crippen LogP contribution in [0.25, 0.3) is 0 Å². The minimum Gasteiger partial charge on any atom is -0.342 e. The maximum absolute atomic E-state index is 10.8. The zero-order chi connectivity index (χ0) is 10.6. The maximum atomic E-state index is 10.8. The first kappa shape index (κ1) is 11.0. The molecule has 0 amide bonds. The fourth-order valence-electron chi connectivity index (χ4n) is 1.69. The molecule has 1 rings (SSSR count). The lowest BCUT2D eigenvalue weighted by atomic mass is 10.2. The highest BCUT2D eigenvalue weighted by Gasteiger charge is 2.07. The van der Waals surface area contributed by atoms with Gasteiger partial charge in [0.05, 0.1) is 5.69 Å². The van der Waals surface area contributed by atoms with Gasteiger partial charge in [-0.25, -0.2) is 0 Å². The van der Waals surface area contributed by atoms with E-state index in [9.17, 15) is 4.79 Å². The zero-order valence-corrected chi connectivity index (χ0v) is 9.29. The smallest absolute Gasteiger partial charge is 0.166 e. The molecule has 0 N–H and O–H groups in total. The van der Waals surface area contributed by atoms with E-state index in [1.54, 1.807) is 0 Å². The Morgan fingerprint density at radius 1 is 1.43 bits per heavy atom. The molecule has 1 heterocycles. The van der Waals surface area contributed by atoms with Gasteiger partial charge in [-0.2, -0.15) is 0 Å². The average Bonchev–Trinajstić information content (AvgIpc) is 2.48. The van der Waals surface area contributed by atoms with Crippen LogP contribution in [0, 0.1) is 5.92 Å². The van der Waals surface area contributed by atoms with Gasteiger partial charge in [-0.05, 0) is 24.5 Å². The predicted molar refractivity (Wildman–Crippen MR) is 58.7 cm³/mol. The number of aldehydes is 1. The molecule has 14 heavy (non-hydrogen) atoms. The molecule has 0 radical (unpaired) electrons. The van der Waals surface area contributed by atoms with Crippen LogP contribution in [0.2, 0.25) is 0 Å². The molecule has 0 unspecified atom stereocenters. The van der Waals surface area contributed by atoms with Gasteiger partial charge in [-0.15, -0.1) is 0 Å². The van der Waals surface area contributed by atoms with Crippen molar-refractivity contribution in [1.29, 1.82) is 0 Å². The molecule has 78 valence electrons. The van der Waals surface area contributed by atoms with Crippen LogP contribution >= 0.6 is 0 Å². The molecule has 1 aromatic heterocycles. The summed E-state index contributed by atoms with van der Waals surface area (Å²) >= 11 is 0. The van der Waals surface area contributed by atoms with E-state index in [2.05, 4.69) is 31.4 Å². The molecule has 0 saturated carbocycles. The zero-order valence-electron chi connectivity index (χ0n) is 9.29. The molecule has 0 fully saturated rings. The van der Waals surface area contributed by atoms with Gasteiger partial charge in [0.15, 0.2) is 6.29 Å². The molecule has 0 aliphatic heterocycles. The second kappa shape index (κ2) is 4.99. The highest BCUT2D eigenvalue weighted by atomic mass is 16.1. The van der Waals surface area contributed by atoms with Crippen LogP contribution in [0.5, 0.6) is 0 Å². The van der Waals surface area contributed by atoms with Crippen molar-refractivity contribution in [1.82, 2.24) is 4.57 Å². The largest absolute Gasteiger partial charge is 0.342 e. The quantitative estimate of drug-likeness (QED) is 0.659. The van der Waals surface area contributed by atoms with E-state index in [-0.39, 0.29) is 0 Å². The second-order valence-electron chi connectivity index (χ2n) is 4.12. The molecule has 0 saturated heterocycles. The Hall–Kier alpha value is -1.05. The van der Waals surface area contributed by atoms with Gasteiger partial charge in [-0.3, -0.25) is 4.79 Å². The maximum Gasteiger partial charge on any atom is 0.166 e. The number of nitrogens with zero attached hydrogens (tertiary/aromatic N) is 1. The Balaban J connectivity index is 2.93. The third-order valence-electron chi connectivity index (χ3n) is 2.28. The van der Waals surface area contributed by atoms with E-state index in [4.69, 9.17) is 0 Å². The number of carbonyl (C=O) groups excluding carboxylic acids is 1. The first-order valence-electron chi connectivity index (χ1n) is 5.32. The van der Waals surface area contributed by atoms with Crippen molar-refractivity contribution in [2.45, 2.75) is 40.2 Å². The van der Waals surface area contributed by atoms with Crippen LogP contribution in [0.4, 0.5) is 0 Å². The van der Waals surface area contributed by atoms with Crippen LogP contribution in [0.1, 0.15) is 43.4 Å². The first-order valence-corrected chi connectivity index (χ1v) is 5.32. The molecule has 0 aromatic carbocycles. The average molecular weight is 193 g/mol. The monoisotopic (exact) mass is 193 g/mol. The fraction of sp³-hybridized carbons (Fsp3) is 0.583. The van der Waals surface area contributed by atoms with Crippen LogP contribution in [-0.4, -0.2) is 10.9 Å². The molecule has 0 aliphatic rings. The molecule has 0 aliphatic carbocycles. The molecule has 0 atom stereocenters. The van der Waals surface area contributed by atoms with Gasteiger partial charge in [0, 0.05) is 12.2 Å². The molecule has 2 heteroatoms. The Morgan fingerprint density at radius 2 is 2.14 bits per heavy atom. The number of aromatic nitrogens is 1. The highest BCUT2D eigenvalue weighted by molar-refractivity contribution is 5.72. The minimum absolute atomic E-state index is 0.580. The number of aryl methyl sites for hydroxylation is 1. The summed E-state index contributed by atoms with van der Waals surface area (Å²) in [6.07, 6.45) is 3.13. The van der Waals surface area contributed by atoms with E-state index >= 15 is 0 Å². The van der Waals surface area contributed by atoms with Crippen molar-refractivity contribution < 1.29 is 4.79 Å². The van der Waals surface area contributed by atoms with Crippen molar-refractivity contribution >= 4 is 6.29 Å². The van der Waals surface area contributed by atoms with Gasteiger partial charge < -0.3 is 4.57 Å². The summed E-state index contributed by atoms with van der Waals surface area (Å²) in [5, 5.41) is 0. The summed E-state index contributed by atoms with van der Waals surface area (Å²) < 4.78 is 2.14. The molecular formula is C12H19NO. The number of hydrogen-bond donors (Lipinski definition) is 0. The van der Waals surface area contributed by atoms with E-state index in [0.29, 0.717) is 5.92 Å². The summed E-state index contributed by atoms with van der Waals surface area (Å²) in [4.78, 5) is 10.8. The fourth-order valence-corrected chi connectivity index (χ4v) is 1.69. The van der Waals surface area contributed by atoms with Crippen LogP contribution in [0.3, 0.4) is 0 Å². The Morgan fingerprint density at radius 3 is 2.64 bits per heavy atom. The SMILES string of the molecule is CCCc1ccc(C=O)n1CC(C)C. The topological polar surface area (TPSA) is 22.0 Å². The van der Waals surface area contributed by atoms with Crippen LogP contribution in [0.15, 0.2) is 12.1 Å². The van der Waals surface area contributed by atoms with Gasteiger partial charge in [-0.1, -0.05) is 27.2 Å². The standard InChI is InChI=1S/C12H19NO/c1-4-5-11-6-7-12(9-14)13(11)8-10(2)3/h6-7,9-10H,4-5,8H2,1-3H3. The first-order chi connectivity index (χ1) is 6.69. The lowest BCUT2D eigenvalue weighted by molar-refractivity contribution is 0.111. The number of carbonyl (C=O) groups is 1. The van der Waals surface area contributed by atoms with Gasteiger partial charge in [0.1, 0.15) is 0 Å². The van der Waals surface area contributed by atoms with Crippen molar-refractivity contribution in [3.63, 3.8) is 0 Å². The number of hydrogen-bond acceptors (Lipinski definition) is 1. The minimum atomic E-state index is 0.580. The molecular weight excluding hydrogens is 174 g/mol. The van der Waals surface area contributed by atoms with Gasteiger partial charge in [0.25, 0.3) is 0 Å². The highest BCUT2D eigenvalue weighted by Crippen LogP contribution is 2.12. The van der Waals surface area contributed by atoms with E-state index in [1.807, 2.05) is 6.07 Å². The van der Waals surface area contributed by atoms with Gasteiger partial charge >= 0.3 is 0 Å². The van der Waals surface area contributed by atoms with Crippen molar-refractivity contribution in [2.24, 2.45) is 5.92 Å². The summed E-state index contributed by atoms with van der Waals surface area (Å²) in [6, 6.07) is 3.98. The third kappa shape index (κ3) is 2.47. The van der Waals surface area contributed by atoms with Crippen molar-refractivity contribution in [3.8, 4) is 0 Å². The summed E-state index contributed by atoms with van der Waals surface area (Å²) in [5.41, 5.74) is 2.09. The Bertz CT molecular complexity index is 299. The summed E-state index contributed by atoms with van der Waals surface area (Å²) in [5.74, 6) is 0.580. The Labute approximate surface area is 85.9 Å². The summed E-state index contributed by atoms with van der Waals surface area (Å²) in [6.45, 7) is 7.44. The van der Waals surface area contributed by atoms with Crippen LogP contribution in [-0.2, 0) is 13.0 Å². The Kier molecular flexibility index (Phi) is 3.93. The normalized spacial score (nSPS) is 10.9. The lowest BCUT2D eigenvalue weighted by Crippen LogP contribution is -2.10. The third-order valence-corrected chi connectivity index (χ3v) is 2.28. The second-order valence-corrected chi connectivity index (χ2v) is 4.12. The van der Waals surface area contributed by atoms with E-state index in [1.165, 1.54) is 5.69 Å². The van der Waals surface area contributed by atoms with Crippen molar-refractivity contribution in [2.75, 3.05) is 0 Å². The predicted octanol–water partition coefficient (Wildman–Crippen LogP) is 2.91. The molecule has 0 spiro atoms. The molecule has 2 nitrogen and oxygen atoms in total. The van der Waals surface area contributed by atoms with Crippen LogP contribution < -0.4 is 0 Å².